The van der Waals surface area contributed by atoms with Crippen molar-refractivity contribution in [2.45, 2.75) is 0 Å². The number of benzene rings is 1. The highest BCUT2D eigenvalue weighted by Gasteiger charge is 2.07. The molecule has 0 radical (unpaired) electrons. The maximum absolute atomic E-state index is 5.88. The third kappa shape index (κ3) is 1.86. The highest BCUT2D eigenvalue weighted by molar-refractivity contribution is 5.73. The topological polar surface area (TPSA) is 47.1 Å². The molecular weight excluding hydrogens is 200 g/mol. The van der Waals surface area contributed by atoms with Crippen LogP contribution in [-0.2, 0) is 7.05 Å². The van der Waals surface area contributed by atoms with E-state index in [1.165, 1.54) is 5.69 Å². The predicted octanol–water partition coefficient (Wildman–Crippen LogP) is 1.74. The van der Waals surface area contributed by atoms with Gasteiger partial charge in [0.15, 0.2) is 0 Å². The Balaban J connectivity index is 2.38. The normalized spacial score (nSPS) is 10.4. The van der Waals surface area contributed by atoms with Crippen LogP contribution >= 0.6 is 0 Å². The number of hydrogen-bond acceptors (Lipinski definition) is 3. The van der Waals surface area contributed by atoms with Crippen molar-refractivity contribution in [1.29, 1.82) is 0 Å². The number of aryl methyl sites for hydroxylation is 1. The van der Waals surface area contributed by atoms with Gasteiger partial charge in [-0.15, -0.1) is 0 Å². The number of anilines is 2. The summed E-state index contributed by atoms with van der Waals surface area (Å²) in [6.45, 7) is 0. The number of aromatic nitrogens is 2. The Morgan fingerprint density at radius 2 is 1.81 bits per heavy atom. The molecule has 0 amide bonds. The molecular formula is C12H16N4. The largest absolute Gasteiger partial charge is 0.396 e. The summed E-state index contributed by atoms with van der Waals surface area (Å²) >= 11 is 0. The maximum atomic E-state index is 5.88. The van der Waals surface area contributed by atoms with Gasteiger partial charge in [0.2, 0.25) is 0 Å². The van der Waals surface area contributed by atoms with Crippen molar-refractivity contribution in [2.75, 3.05) is 24.7 Å². The molecule has 4 nitrogen and oxygen atoms in total. The van der Waals surface area contributed by atoms with E-state index in [1.54, 1.807) is 4.68 Å². The van der Waals surface area contributed by atoms with E-state index in [2.05, 4.69) is 22.1 Å². The first-order valence-electron chi connectivity index (χ1n) is 5.15. The average molecular weight is 216 g/mol. The molecule has 4 heteroatoms. The van der Waals surface area contributed by atoms with Crippen LogP contribution in [0.1, 0.15) is 0 Å². The summed E-state index contributed by atoms with van der Waals surface area (Å²) in [5.74, 6) is 0. The van der Waals surface area contributed by atoms with E-state index >= 15 is 0 Å². The van der Waals surface area contributed by atoms with E-state index < -0.39 is 0 Å². The van der Waals surface area contributed by atoms with Gasteiger partial charge in [-0.3, -0.25) is 4.68 Å². The van der Waals surface area contributed by atoms with E-state index in [-0.39, 0.29) is 0 Å². The van der Waals surface area contributed by atoms with Gasteiger partial charge in [0.05, 0.1) is 5.69 Å². The average Bonchev–Trinajstić information content (AvgIpc) is 2.58. The second-order valence-corrected chi connectivity index (χ2v) is 4.05. The highest BCUT2D eigenvalue weighted by Crippen LogP contribution is 2.25. The van der Waals surface area contributed by atoms with E-state index in [4.69, 9.17) is 5.73 Å². The standard InChI is InChI=1S/C12H16N4/c1-15(2)10-6-4-9(5-7-10)12-11(13)8-16(3)14-12/h4-8H,13H2,1-3H3. The fraction of sp³-hybridized carbons (Fsp3) is 0.250. The summed E-state index contributed by atoms with van der Waals surface area (Å²) < 4.78 is 1.73. The van der Waals surface area contributed by atoms with Gasteiger partial charge in [0, 0.05) is 38.6 Å². The first kappa shape index (κ1) is 10.5. The quantitative estimate of drug-likeness (QED) is 0.831. The molecule has 0 unspecified atom stereocenters. The smallest absolute Gasteiger partial charge is 0.115 e. The van der Waals surface area contributed by atoms with Crippen molar-refractivity contribution < 1.29 is 0 Å². The van der Waals surface area contributed by atoms with E-state index in [1.807, 2.05) is 39.5 Å². The highest BCUT2D eigenvalue weighted by atomic mass is 15.3. The van der Waals surface area contributed by atoms with Crippen LogP contribution in [0.3, 0.4) is 0 Å². The van der Waals surface area contributed by atoms with Crippen LogP contribution in [-0.4, -0.2) is 23.9 Å². The third-order valence-electron chi connectivity index (χ3n) is 2.51. The summed E-state index contributed by atoms with van der Waals surface area (Å²) in [6.07, 6.45) is 1.81. The van der Waals surface area contributed by atoms with Crippen molar-refractivity contribution in [2.24, 2.45) is 7.05 Å². The van der Waals surface area contributed by atoms with Gasteiger partial charge in [-0.05, 0) is 12.1 Å². The monoisotopic (exact) mass is 216 g/mol. The van der Waals surface area contributed by atoms with E-state index in [9.17, 15) is 0 Å². The lowest BCUT2D eigenvalue weighted by Crippen LogP contribution is -2.07. The lowest BCUT2D eigenvalue weighted by molar-refractivity contribution is 0.771. The molecule has 0 atom stereocenters. The molecule has 0 spiro atoms. The Bertz CT molecular complexity index is 482. The van der Waals surface area contributed by atoms with E-state index in [0.717, 1.165) is 11.3 Å². The van der Waals surface area contributed by atoms with Crippen LogP contribution in [0.2, 0.25) is 0 Å². The van der Waals surface area contributed by atoms with Gasteiger partial charge in [-0.1, -0.05) is 12.1 Å². The number of nitrogen functional groups attached to an aromatic ring is 1. The van der Waals surface area contributed by atoms with Crippen molar-refractivity contribution in [3.8, 4) is 11.3 Å². The fourth-order valence-electron chi connectivity index (χ4n) is 1.65. The van der Waals surface area contributed by atoms with Crippen molar-refractivity contribution >= 4 is 11.4 Å². The number of rotatable bonds is 2. The Hall–Kier alpha value is -1.97. The lowest BCUT2D eigenvalue weighted by Gasteiger charge is -2.12. The van der Waals surface area contributed by atoms with Crippen LogP contribution in [0.4, 0.5) is 11.4 Å². The zero-order valence-electron chi connectivity index (χ0n) is 9.81. The zero-order chi connectivity index (χ0) is 11.7. The molecule has 0 bridgehead atoms. The van der Waals surface area contributed by atoms with Gasteiger partial charge < -0.3 is 10.6 Å². The fourth-order valence-corrected chi connectivity index (χ4v) is 1.65. The molecule has 1 aromatic carbocycles. The van der Waals surface area contributed by atoms with Gasteiger partial charge in [-0.2, -0.15) is 5.10 Å². The van der Waals surface area contributed by atoms with Crippen LogP contribution in [0.5, 0.6) is 0 Å². The van der Waals surface area contributed by atoms with Gasteiger partial charge in [-0.25, -0.2) is 0 Å². The maximum Gasteiger partial charge on any atom is 0.115 e. The molecule has 2 N–H and O–H groups in total. The zero-order valence-corrected chi connectivity index (χ0v) is 9.81. The molecule has 0 aliphatic rings. The second-order valence-electron chi connectivity index (χ2n) is 4.05. The molecule has 1 heterocycles. The van der Waals surface area contributed by atoms with Gasteiger partial charge in [0.1, 0.15) is 5.69 Å². The molecule has 0 saturated carbocycles. The molecule has 0 fully saturated rings. The second kappa shape index (κ2) is 3.89. The Morgan fingerprint density at radius 3 is 2.25 bits per heavy atom. The summed E-state index contributed by atoms with van der Waals surface area (Å²) in [4.78, 5) is 2.06. The van der Waals surface area contributed by atoms with E-state index in [0.29, 0.717) is 5.69 Å². The van der Waals surface area contributed by atoms with Crippen molar-refractivity contribution in [1.82, 2.24) is 9.78 Å². The SMILES string of the molecule is CN(C)c1ccc(-c2nn(C)cc2N)cc1. The van der Waals surface area contributed by atoms with Gasteiger partial charge in [0.25, 0.3) is 0 Å². The summed E-state index contributed by atoms with van der Waals surface area (Å²) in [5.41, 5.74) is 9.64. The predicted molar refractivity (Wildman–Crippen MR) is 67.4 cm³/mol. The number of nitrogens with two attached hydrogens (primary N) is 1. The van der Waals surface area contributed by atoms with Crippen LogP contribution in [0.15, 0.2) is 30.5 Å². The van der Waals surface area contributed by atoms with Gasteiger partial charge >= 0.3 is 0 Å². The third-order valence-corrected chi connectivity index (χ3v) is 2.51. The van der Waals surface area contributed by atoms with Crippen molar-refractivity contribution in [3.63, 3.8) is 0 Å². The summed E-state index contributed by atoms with van der Waals surface area (Å²) in [6, 6.07) is 8.19. The molecule has 2 rings (SSSR count). The molecule has 1 aromatic heterocycles. The summed E-state index contributed by atoms with van der Waals surface area (Å²) in [7, 11) is 5.91. The molecule has 16 heavy (non-hydrogen) atoms. The molecule has 0 aliphatic heterocycles. The Labute approximate surface area is 95.3 Å². The first-order chi connectivity index (χ1) is 7.58. The Kier molecular flexibility index (Phi) is 2.56. The Morgan fingerprint density at radius 1 is 1.19 bits per heavy atom. The minimum absolute atomic E-state index is 0.708. The summed E-state index contributed by atoms with van der Waals surface area (Å²) in [5, 5.41) is 4.33. The molecule has 84 valence electrons. The van der Waals surface area contributed by atoms with Crippen LogP contribution in [0.25, 0.3) is 11.3 Å². The minimum Gasteiger partial charge on any atom is -0.396 e. The lowest BCUT2D eigenvalue weighted by atomic mass is 10.1. The number of hydrogen-bond donors (Lipinski definition) is 1. The van der Waals surface area contributed by atoms with Crippen LogP contribution < -0.4 is 10.6 Å². The minimum atomic E-state index is 0.708. The van der Waals surface area contributed by atoms with Crippen LogP contribution in [0, 0.1) is 0 Å². The molecule has 2 aromatic rings. The first-order valence-corrected chi connectivity index (χ1v) is 5.15. The van der Waals surface area contributed by atoms with Crippen molar-refractivity contribution in [3.05, 3.63) is 30.5 Å². The number of nitrogens with zero attached hydrogens (tertiary/aromatic N) is 3. The molecule has 0 saturated heterocycles. The molecule has 0 aliphatic carbocycles.